The molecule has 0 unspecified atom stereocenters. The van der Waals surface area contributed by atoms with Crippen molar-refractivity contribution in [3.8, 4) is 0 Å². The molecule has 2 fully saturated rings. The standard InChI is InChI=1S/C18H29N5O.2ClH/c1-3-8-22-13-15(11-20-22)12-21-9-6-17-16(14-21)4-5-18(24)23(17)10-7-19-2;;/h3,11,13,16-17,19H,1,4-10,12,14H2,2H3;2*1H/t16-,17+;;/m0../s1. The van der Waals surface area contributed by atoms with E-state index in [4.69, 9.17) is 0 Å². The number of likely N-dealkylation sites (tertiary alicyclic amines) is 2. The molecule has 26 heavy (non-hydrogen) atoms. The van der Waals surface area contributed by atoms with Crippen molar-refractivity contribution in [1.82, 2.24) is 24.9 Å². The van der Waals surface area contributed by atoms with Crippen molar-refractivity contribution >= 4 is 30.7 Å². The smallest absolute Gasteiger partial charge is 0.222 e. The Morgan fingerprint density at radius 1 is 1.38 bits per heavy atom. The van der Waals surface area contributed by atoms with Crippen molar-refractivity contribution in [2.24, 2.45) is 5.92 Å². The number of amides is 1. The van der Waals surface area contributed by atoms with Crippen LogP contribution in [0.15, 0.2) is 25.0 Å². The van der Waals surface area contributed by atoms with E-state index in [1.54, 1.807) is 0 Å². The van der Waals surface area contributed by atoms with E-state index in [2.05, 4.69) is 33.0 Å². The molecule has 3 heterocycles. The van der Waals surface area contributed by atoms with E-state index in [0.29, 0.717) is 24.3 Å². The zero-order valence-corrected chi connectivity index (χ0v) is 17.1. The molecule has 2 atom stereocenters. The van der Waals surface area contributed by atoms with Gasteiger partial charge in [0.2, 0.25) is 5.91 Å². The molecule has 2 aliphatic rings. The maximum Gasteiger partial charge on any atom is 0.222 e. The molecule has 0 aromatic carbocycles. The molecule has 0 radical (unpaired) electrons. The molecule has 3 rings (SSSR count). The van der Waals surface area contributed by atoms with Gasteiger partial charge in [-0.1, -0.05) is 6.08 Å². The zero-order chi connectivity index (χ0) is 16.9. The van der Waals surface area contributed by atoms with Gasteiger partial charge in [-0.25, -0.2) is 0 Å². The van der Waals surface area contributed by atoms with Crippen LogP contribution in [-0.4, -0.2) is 64.8 Å². The summed E-state index contributed by atoms with van der Waals surface area (Å²) in [6.45, 7) is 9.31. The van der Waals surface area contributed by atoms with E-state index in [1.807, 2.05) is 24.0 Å². The molecule has 1 aromatic heterocycles. The molecule has 2 saturated heterocycles. The number of piperidine rings is 2. The highest BCUT2D eigenvalue weighted by Crippen LogP contribution is 2.31. The summed E-state index contributed by atoms with van der Waals surface area (Å²) < 4.78 is 1.92. The number of halogens is 2. The molecule has 1 aromatic rings. The fourth-order valence-electron chi connectivity index (χ4n) is 4.07. The van der Waals surface area contributed by atoms with Crippen LogP contribution in [0.5, 0.6) is 0 Å². The van der Waals surface area contributed by atoms with E-state index in [9.17, 15) is 4.79 Å². The number of fused-ring (bicyclic) bond motifs is 1. The maximum atomic E-state index is 12.3. The van der Waals surface area contributed by atoms with Crippen molar-refractivity contribution in [3.63, 3.8) is 0 Å². The molecule has 0 bridgehead atoms. The topological polar surface area (TPSA) is 53.4 Å². The molecule has 148 valence electrons. The molecular weight excluding hydrogens is 373 g/mol. The van der Waals surface area contributed by atoms with Crippen LogP contribution in [-0.2, 0) is 17.9 Å². The van der Waals surface area contributed by atoms with E-state index in [-0.39, 0.29) is 24.8 Å². The van der Waals surface area contributed by atoms with E-state index in [1.165, 1.54) is 5.56 Å². The van der Waals surface area contributed by atoms with Crippen LogP contribution in [0.1, 0.15) is 24.8 Å². The minimum absolute atomic E-state index is 0. The summed E-state index contributed by atoms with van der Waals surface area (Å²) in [4.78, 5) is 16.9. The fourth-order valence-corrected chi connectivity index (χ4v) is 4.07. The van der Waals surface area contributed by atoms with Gasteiger partial charge in [-0.05, 0) is 25.8 Å². The van der Waals surface area contributed by atoms with Crippen LogP contribution in [0.2, 0.25) is 0 Å². The molecule has 2 aliphatic heterocycles. The first-order chi connectivity index (χ1) is 11.7. The molecule has 1 amide bonds. The predicted molar refractivity (Wildman–Crippen MR) is 109 cm³/mol. The SMILES string of the molecule is C=CCn1cc(CN2CC[C@@H]3[C@@H](CCC(=O)N3CCNC)C2)cn1.Cl.Cl. The second kappa shape index (κ2) is 10.9. The quantitative estimate of drug-likeness (QED) is 0.706. The number of carbonyl (C=O) groups is 1. The molecule has 8 heteroatoms. The molecule has 0 aliphatic carbocycles. The summed E-state index contributed by atoms with van der Waals surface area (Å²) in [6, 6.07) is 0.430. The average Bonchev–Trinajstić information content (AvgIpc) is 3.01. The molecular formula is C18H31Cl2N5O. The van der Waals surface area contributed by atoms with Gasteiger partial charge in [-0.3, -0.25) is 14.4 Å². The molecule has 1 N–H and O–H groups in total. The average molecular weight is 404 g/mol. The second-order valence-electron chi connectivity index (χ2n) is 6.94. The van der Waals surface area contributed by atoms with Crippen molar-refractivity contribution in [2.45, 2.75) is 38.4 Å². The number of hydrogen-bond donors (Lipinski definition) is 1. The van der Waals surface area contributed by atoms with Gasteiger partial charge in [0.25, 0.3) is 0 Å². The lowest BCUT2D eigenvalue weighted by Gasteiger charge is -2.47. The van der Waals surface area contributed by atoms with E-state index in [0.717, 1.165) is 52.1 Å². The third-order valence-corrected chi connectivity index (χ3v) is 5.24. The number of nitrogens with one attached hydrogen (secondary N) is 1. The van der Waals surface area contributed by atoms with Gasteiger partial charge in [-0.2, -0.15) is 5.10 Å². The van der Waals surface area contributed by atoms with Gasteiger partial charge in [0, 0.05) is 56.9 Å². The number of allylic oxidation sites excluding steroid dienone is 1. The zero-order valence-electron chi connectivity index (χ0n) is 15.5. The lowest BCUT2D eigenvalue weighted by Crippen LogP contribution is -2.56. The van der Waals surface area contributed by atoms with Gasteiger partial charge in [0.05, 0.1) is 12.7 Å². The van der Waals surface area contributed by atoms with Crippen LogP contribution in [0.25, 0.3) is 0 Å². The first kappa shape index (κ1) is 23.0. The number of hydrogen-bond acceptors (Lipinski definition) is 4. The van der Waals surface area contributed by atoms with Gasteiger partial charge in [0.1, 0.15) is 0 Å². The first-order valence-electron chi connectivity index (χ1n) is 9.00. The Morgan fingerprint density at radius 3 is 2.92 bits per heavy atom. The van der Waals surface area contributed by atoms with Crippen LogP contribution >= 0.6 is 24.8 Å². The van der Waals surface area contributed by atoms with E-state index >= 15 is 0 Å². The Bertz CT molecular complexity index is 580. The molecule has 6 nitrogen and oxygen atoms in total. The minimum Gasteiger partial charge on any atom is -0.338 e. The van der Waals surface area contributed by atoms with Gasteiger partial charge in [0.15, 0.2) is 0 Å². The fraction of sp³-hybridized carbons (Fsp3) is 0.667. The summed E-state index contributed by atoms with van der Waals surface area (Å²) in [5, 5.41) is 7.53. The Labute approximate surface area is 168 Å². The Kier molecular flexibility index (Phi) is 9.64. The molecule has 0 saturated carbocycles. The minimum atomic E-state index is 0. The van der Waals surface area contributed by atoms with Gasteiger partial charge >= 0.3 is 0 Å². The Balaban J connectivity index is 0.00000169. The van der Waals surface area contributed by atoms with Crippen molar-refractivity contribution in [1.29, 1.82) is 0 Å². The van der Waals surface area contributed by atoms with Crippen LogP contribution in [0, 0.1) is 5.92 Å². The largest absolute Gasteiger partial charge is 0.338 e. The van der Waals surface area contributed by atoms with Crippen LogP contribution in [0.4, 0.5) is 0 Å². The molecule has 0 spiro atoms. The lowest BCUT2D eigenvalue weighted by molar-refractivity contribution is -0.141. The normalized spacial score (nSPS) is 23.0. The third kappa shape index (κ3) is 5.46. The number of rotatable bonds is 7. The first-order valence-corrected chi connectivity index (χ1v) is 9.00. The highest BCUT2D eigenvalue weighted by Gasteiger charge is 2.38. The number of nitrogens with zero attached hydrogens (tertiary/aromatic N) is 4. The van der Waals surface area contributed by atoms with Gasteiger partial charge < -0.3 is 10.2 Å². The summed E-state index contributed by atoms with van der Waals surface area (Å²) in [7, 11) is 1.95. The Morgan fingerprint density at radius 2 is 2.19 bits per heavy atom. The summed E-state index contributed by atoms with van der Waals surface area (Å²) in [5.41, 5.74) is 1.26. The summed E-state index contributed by atoms with van der Waals surface area (Å²) >= 11 is 0. The van der Waals surface area contributed by atoms with Crippen molar-refractivity contribution in [3.05, 3.63) is 30.6 Å². The highest BCUT2D eigenvalue weighted by atomic mass is 35.5. The number of aromatic nitrogens is 2. The van der Waals surface area contributed by atoms with Crippen molar-refractivity contribution in [2.75, 3.05) is 33.2 Å². The number of likely N-dealkylation sites (N-methyl/N-ethyl adjacent to an activating group) is 1. The van der Waals surface area contributed by atoms with Gasteiger partial charge in [-0.15, -0.1) is 31.4 Å². The third-order valence-electron chi connectivity index (χ3n) is 5.24. The van der Waals surface area contributed by atoms with Crippen LogP contribution in [0.3, 0.4) is 0 Å². The lowest BCUT2D eigenvalue weighted by atomic mass is 9.83. The maximum absolute atomic E-state index is 12.3. The Hall–Kier alpha value is -1.08. The number of carbonyl (C=O) groups excluding carboxylic acids is 1. The predicted octanol–water partition coefficient (Wildman–Crippen LogP) is 1.95. The highest BCUT2D eigenvalue weighted by molar-refractivity contribution is 5.85. The van der Waals surface area contributed by atoms with Crippen molar-refractivity contribution < 1.29 is 4.79 Å². The van der Waals surface area contributed by atoms with Crippen LogP contribution < -0.4 is 5.32 Å². The summed E-state index contributed by atoms with van der Waals surface area (Å²) in [5.74, 6) is 0.946. The second-order valence-corrected chi connectivity index (χ2v) is 6.94. The van der Waals surface area contributed by atoms with E-state index < -0.39 is 0 Å². The monoisotopic (exact) mass is 403 g/mol. The summed E-state index contributed by atoms with van der Waals surface area (Å²) in [6.07, 6.45) is 8.75.